The van der Waals surface area contributed by atoms with E-state index in [0.29, 0.717) is 25.1 Å². The standard InChI is InChI=1S/C18H15FN4O2/c19-13-2-4-14(5-3-13)23-11-21-15-10-22(8-7-16(15)23)18(25)12-1-6-17(24)20-9-12/h1-6,9,11H,7-8,10H2,(H,20,24). The van der Waals surface area contributed by atoms with E-state index in [1.54, 1.807) is 23.4 Å². The maximum atomic E-state index is 13.1. The third-order valence-corrected chi connectivity index (χ3v) is 4.34. The third-order valence-electron chi connectivity index (χ3n) is 4.34. The molecular formula is C18H15FN4O2. The molecule has 1 aliphatic rings. The van der Waals surface area contributed by atoms with Gasteiger partial charge in [0, 0.05) is 36.6 Å². The number of halogens is 1. The summed E-state index contributed by atoms with van der Waals surface area (Å²) in [4.78, 5) is 32.3. The van der Waals surface area contributed by atoms with Crippen LogP contribution >= 0.6 is 0 Å². The summed E-state index contributed by atoms with van der Waals surface area (Å²) in [5.41, 5.74) is 2.90. The highest BCUT2D eigenvalue weighted by Gasteiger charge is 2.25. The zero-order valence-corrected chi connectivity index (χ0v) is 13.3. The van der Waals surface area contributed by atoms with E-state index in [1.165, 1.54) is 30.5 Å². The van der Waals surface area contributed by atoms with Crippen molar-refractivity contribution < 1.29 is 9.18 Å². The number of nitrogens with zero attached hydrogens (tertiary/aromatic N) is 3. The Morgan fingerprint density at radius 3 is 2.68 bits per heavy atom. The number of hydrogen-bond acceptors (Lipinski definition) is 3. The Bertz CT molecular complexity index is 971. The van der Waals surface area contributed by atoms with Crippen LogP contribution in [-0.2, 0) is 13.0 Å². The number of H-pyrrole nitrogens is 1. The highest BCUT2D eigenvalue weighted by molar-refractivity contribution is 5.93. The first-order chi connectivity index (χ1) is 12.1. The molecule has 4 rings (SSSR count). The molecule has 0 atom stereocenters. The Kier molecular flexibility index (Phi) is 3.68. The quantitative estimate of drug-likeness (QED) is 0.776. The number of hydrogen-bond donors (Lipinski definition) is 1. The van der Waals surface area contributed by atoms with E-state index in [9.17, 15) is 14.0 Å². The first kappa shape index (κ1) is 15.3. The Hall–Kier alpha value is -3.22. The van der Waals surface area contributed by atoms with Crippen molar-refractivity contribution in [2.45, 2.75) is 13.0 Å². The molecule has 1 N–H and O–H groups in total. The predicted octanol–water partition coefficient (Wildman–Crippen LogP) is 1.90. The van der Waals surface area contributed by atoms with Gasteiger partial charge >= 0.3 is 0 Å². The Morgan fingerprint density at radius 1 is 1.16 bits per heavy atom. The molecule has 0 saturated heterocycles. The van der Waals surface area contributed by atoms with E-state index in [-0.39, 0.29) is 17.3 Å². The maximum absolute atomic E-state index is 13.1. The van der Waals surface area contributed by atoms with Gasteiger partial charge in [0.05, 0.1) is 24.1 Å². The number of rotatable bonds is 2. The summed E-state index contributed by atoms with van der Waals surface area (Å²) in [6, 6.07) is 9.09. The number of amides is 1. The SMILES string of the molecule is O=C(c1ccc(=O)[nH]c1)N1CCc2c(ncn2-c2ccc(F)cc2)C1. The summed E-state index contributed by atoms with van der Waals surface area (Å²) in [5, 5.41) is 0. The minimum Gasteiger partial charge on any atom is -0.332 e. The zero-order chi connectivity index (χ0) is 17.4. The van der Waals surface area contributed by atoms with E-state index >= 15 is 0 Å². The van der Waals surface area contributed by atoms with Crippen LogP contribution in [-0.4, -0.2) is 31.9 Å². The van der Waals surface area contributed by atoms with Gasteiger partial charge in [0.25, 0.3) is 5.91 Å². The van der Waals surface area contributed by atoms with E-state index < -0.39 is 0 Å². The van der Waals surface area contributed by atoms with E-state index in [1.807, 2.05) is 4.57 Å². The second kappa shape index (κ2) is 6.01. The number of carbonyl (C=O) groups is 1. The molecule has 0 fully saturated rings. The first-order valence-electron chi connectivity index (χ1n) is 7.91. The molecule has 3 aromatic rings. The highest BCUT2D eigenvalue weighted by atomic mass is 19.1. The maximum Gasteiger partial charge on any atom is 0.255 e. The molecule has 0 spiro atoms. The molecule has 0 radical (unpaired) electrons. The molecule has 1 aliphatic heterocycles. The van der Waals surface area contributed by atoms with Gasteiger partial charge in [-0.05, 0) is 30.3 Å². The highest BCUT2D eigenvalue weighted by Crippen LogP contribution is 2.22. The lowest BCUT2D eigenvalue weighted by Gasteiger charge is -2.27. The molecule has 0 saturated carbocycles. The zero-order valence-electron chi connectivity index (χ0n) is 13.3. The van der Waals surface area contributed by atoms with E-state index in [0.717, 1.165) is 17.1 Å². The van der Waals surface area contributed by atoms with Crippen LogP contribution in [0.4, 0.5) is 4.39 Å². The molecule has 0 aliphatic carbocycles. The van der Waals surface area contributed by atoms with Crippen LogP contribution in [0.5, 0.6) is 0 Å². The fourth-order valence-electron chi connectivity index (χ4n) is 3.03. The van der Waals surface area contributed by atoms with Crippen LogP contribution < -0.4 is 5.56 Å². The van der Waals surface area contributed by atoms with Gasteiger partial charge in [0.1, 0.15) is 5.82 Å². The van der Waals surface area contributed by atoms with Crippen molar-refractivity contribution in [3.63, 3.8) is 0 Å². The minimum absolute atomic E-state index is 0.141. The summed E-state index contributed by atoms with van der Waals surface area (Å²) in [6.07, 6.45) is 3.78. The molecule has 7 heteroatoms. The molecule has 0 bridgehead atoms. The van der Waals surface area contributed by atoms with Gasteiger partial charge in [0.15, 0.2) is 0 Å². The average Bonchev–Trinajstić information content (AvgIpc) is 3.05. The van der Waals surface area contributed by atoms with Crippen molar-refractivity contribution in [2.75, 3.05) is 6.54 Å². The van der Waals surface area contributed by atoms with Gasteiger partial charge in [0.2, 0.25) is 5.56 Å². The van der Waals surface area contributed by atoms with Crippen LogP contribution in [0.15, 0.2) is 53.7 Å². The van der Waals surface area contributed by atoms with Crippen molar-refractivity contribution in [3.05, 3.63) is 82.0 Å². The first-order valence-corrected chi connectivity index (χ1v) is 7.91. The summed E-state index contributed by atoms with van der Waals surface area (Å²) >= 11 is 0. The molecule has 6 nitrogen and oxygen atoms in total. The van der Waals surface area contributed by atoms with Gasteiger partial charge in [-0.15, -0.1) is 0 Å². The smallest absolute Gasteiger partial charge is 0.255 e. The van der Waals surface area contributed by atoms with Crippen molar-refractivity contribution in [3.8, 4) is 5.69 Å². The van der Waals surface area contributed by atoms with Gasteiger partial charge in [-0.1, -0.05) is 0 Å². The fraction of sp³-hybridized carbons (Fsp3) is 0.167. The van der Waals surface area contributed by atoms with Crippen LogP contribution in [0.25, 0.3) is 5.69 Å². The fourth-order valence-corrected chi connectivity index (χ4v) is 3.03. The van der Waals surface area contributed by atoms with Crippen molar-refractivity contribution in [2.24, 2.45) is 0 Å². The second-order valence-electron chi connectivity index (χ2n) is 5.90. The molecule has 0 unspecified atom stereocenters. The largest absolute Gasteiger partial charge is 0.332 e. The van der Waals surface area contributed by atoms with Crippen molar-refractivity contribution >= 4 is 5.91 Å². The molecule has 126 valence electrons. The van der Waals surface area contributed by atoms with Crippen LogP contribution in [0.1, 0.15) is 21.7 Å². The molecule has 1 amide bonds. The lowest BCUT2D eigenvalue weighted by atomic mass is 10.1. The molecule has 3 heterocycles. The number of nitrogens with one attached hydrogen (secondary N) is 1. The number of carbonyl (C=O) groups excluding carboxylic acids is 1. The summed E-state index contributed by atoms with van der Waals surface area (Å²) in [5.74, 6) is -0.423. The van der Waals surface area contributed by atoms with Gasteiger partial charge in [-0.3, -0.25) is 9.59 Å². The molecular weight excluding hydrogens is 323 g/mol. The molecule has 1 aromatic carbocycles. The number of pyridine rings is 1. The Balaban J connectivity index is 1.58. The monoisotopic (exact) mass is 338 g/mol. The second-order valence-corrected chi connectivity index (χ2v) is 5.90. The summed E-state index contributed by atoms with van der Waals surface area (Å²) < 4.78 is 15.0. The summed E-state index contributed by atoms with van der Waals surface area (Å²) in [6.45, 7) is 0.958. The van der Waals surface area contributed by atoms with E-state index in [4.69, 9.17) is 0 Å². The number of aromatic nitrogens is 3. The van der Waals surface area contributed by atoms with Crippen molar-refractivity contribution in [1.29, 1.82) is 0 Å². The normalized spacial score (nSPS) is 13.6. The predicted molar refractivity (Wildman–Crippen MR) is 89.0 cm³/mol. The van der Waals surface area contributed by atoms with Gasteiger partial charge < -0.3 is 14.5 Å². The van der Waals surface area contributed by atoms with Crippen LogP contribution in [0, 0.1) is 5.82 Å². The average molecular weight is 338 g/mol. The van der Waals surface area contributed by atoms with Crippen LogP contribution in [0.2, 0.25) is 0 Å². The van der Waals surface area contributed by atoms with Gasteiger partial charge in [-0.25, -0.2) is 9.37 Å². The third kappa shape index (κ3) is 2.84. The number of aromatic amines is 1. The number of imidazole rings is 1. The Labute approximate surface area is 142 Å². The lowest BCUT2D eigenvalue weighted by Crippen LogP contribution is -2.36. The molecule has 25 heavy (non-hydrogen) atoms. The lowest BCUT2D eigenvalue weighted by molar-refractivity contribution is 0.0731. The Morgan fingerprint density at radius 2 is 1.96 bits per heavy atom. The van der Waals surface area contributed by atoms with Crippen molar-refractivity contribution in [1.82, 2.24) is 19.4 Å². The minimum atomic E-state index is -0.282. The number of benzene rings is 1. The topological polar surface area (TPSA) is 71.0 Å². The van der Waals surface area contributed by atoms with E-state index in [2.05, 4.69) is 9.97 Å². The summed E-state index contributed by atoms with van der Waals surface area (Å²) in [7, 11) is 0. The van der Waals surface area contributed by atoms with Gasteiger partial charge in [-0.2, -0.15) is 0 Å². The number of fused-ring (bicyclic) bond motifs is 1. The molecule has 2 aromatic heterocycles. The van der Waals surface area contributed by atoms with Crippen LogP contribution in [0.3, 0.4) is 0 Å².